The molecule has 0 aliphatic heterocycles. The van der Waals surface area contributed by atoms with E-state index in [-0.39, 0.29) is 10.6 Å². The van der Waals surface area contributed by atoms with Gasteiger partial charge < -0.3 is 4.74 Å². The van der Waals surface area contributed by atoms with E-state index >= 15 is 0 Å². The lowest BCUT2D eigenvalue weighted by Gasteiger charge is -2.10. The number of carbonyl (C=O) groups is 1. The van der Waals surface area contributed by atoms with E-state index < -0.39 is 15.8 Å². The highest BCUT2D eigenvalue weighted by Gasteiger charge is 2.16. The van der Waals surface area contributed by atoms with Crippen molar-refractivity contribution in [3.63, 3.8) is 0 Å². The van der Waals surface area contributed by atoms with Crippen LogP contribution in [0.5, 0.6) is 5.75 Å². The van der Waals surface area contributed by atoms with Crippen molar-refractivity contribution in [1.82, 2.24) is 0 Å². The number of ether oxygens (including phenoxy) is 1. The number of sulfone groups is 1. The van der Waals surface area contributed by atoms with Gasteiger partial charge in [-0.15, -0.1) is 0 Å². The lowest BCUT2D eigenvalue weighted by atomic mass is 10.1. The topological polar surface area (TPSA) is 60.4 Å². The van der Waals surface area contributed by atoms with E-state index in [0.29, 0.717) is 16.9 Å². The summed E-state index contributed by atoms with van der Waals surface area (Å²) in [5.74, 6) is -0.0356. The maximum absolute atomic E-state index is 12.4. The first-order chi connectivity index (χ1) is 12.9. The van der Waals surface area contributed by atoms with Crippen LogP contribution in [0.25, 0.3) is 0 Å². The van der Waals surface area contributed by atoms with Crippen molar-refractivity contribution in [1.29, 1.82) is 0 Å². The molecule has 0 spiro atoms. The number of para-hydroxylation sites is 1. The highest BCUT2D eigenvalue weighted by atomic mass is 32.2. The van der Waals surface area contributed by atoms with Crippen LogP contribution < -0.4 is 4.74 Å². The molecule has 3 aromatic rings. The van der Waals surface area contributed by atoms with Gasteiger partial charge in [0.1, 0.15) is 5.75 Å². The first kappa shape index (κ1) is 18.9. The molecular weight excluding hydrogens is 360 g/mol. The first-order valence-electron chi connectivity index (χ1n) is 8.52. The number of hydrogen-bond donors (Lipinski definition) is 0. The van der Waals surface area contributed by atoms with Gasteiger partial charge in [0.25, 0.3) is 0 Å². The first-order valence-corrected chi connectivity index (χ1v) is 10.2. The molecule has 0 heterocycles. The molecule has 0 saturated carbocycles. The molecule has 0 radical (unpaired) electrons. The Kier molecular flexibility index (Phi) is 5.42. The molecule has 0 aliphatic carbocycles. The minimum atomic E-state index is -3.42. The highest BCUT2D eigenvalue weighted by molar-refractivity contribution is 7.90. The normalized spacial score (nSPS) is 11.2. The minimum absolute atomic E-state index is 0.122. The second kappa shape index (κ2) is 7.76. The molecule has 0 aromatic heterocycles. The van der Waals surface area contributed by atoms with Crippen molar-refractivity contribution in [2.24, 2.45) is 0 Å². The molecule has 4 nitrogen and oxygen atoms in total. The Bertz CT molecular complexity index is 1030. The van der Waals surface area contributed by atoms with Crippen molar-refractivity contribution in [2.75, 3.05) is 0 Å². The monoisotopic (exact) mass is 380 g/mol. The Morgan fingerprint density at radius 3 is 2.00 bits per heavy atom. The Morgan fingerprint density at radius 1 is 0.815 bits per heavy atom. The molecule has 0 unspecified atom stereocenters. The quantitative estimate of drug-likeness (QED) is 0.483. The third kappa shape index (κ3) is 4.44. The Labute approximate surface area is 159 Å². The van der Waals surface area contributed by atoms with Gasteiger partial charge >= 0.3 is 5.97 Å². The zero-order valence-corrected chi connectivity index (χ0v) is 16.0. The molecule has 0 saturated heterocycles. The van der Waals surface area contributed by atoms with Gasteiger partial charge in [-0.1, -0.05) is 48.5 Å². The molecule has 0 fully saturated rings. The summed E-state index contributed by atoms with van der Waals surface area (Å²) in [6.45, 7) is 3.76. The maximum atomic E-state index is 12.4. The SMILES string of the molecule is Cc1cccc(C)c1OC(=O)c1ccc(CS(=O)(=O)c2ccccc2)cc1. The van der Waals surface area contributed by atoms with Gasteiger partial charge in [0.2, 0.25) is 0 Å². The van der Waals surface area contributed by atoms with Crippen molar-refractivity contribution in [3.8, 4) is 5.75 Å². The molecule has 3 aromatic carbocycles. The largest absolute Gasteiger partial charge is 0.422 e. The fourth-order valence-corrected chi connectivity index (χ4v) is 4.15. The standard InChI is InChI=1S/C22H20O4S/c1-16-7-6-8-17(2)21(16)26-22(23)19-13-11-18(12-14-19)15-27(24,25)20-9-4-3-5-10-20/h3-14H,15H2,1-2H3. The summed E-state index contributed by atoms with van der Waals surface area (Å²) in [5, 5.41) is 0. The smallest absolute Gasteiger partial charge is 0.343 e. The molecule has 0 amide bonds. The van der Waals surface area contributed by atoms with E-state index in [9.17, 15) is 13.2 Å². The van der Waals surface area contributed by atoms with Gasteiger partial charge in [0.15, 0.2) is 9.84 Å². The van der Waals surface area contributed by atoms with Gasteiger partial charge in [-0.05, 0) is 54.8 Å². The van der Waals surface area contributed by atoms with Gasteiger partial charge in [0.05, 0.1) is 16.2 Å². The highest BCUT2D eigenvalue weighted by Crippen LogP contribution is 2.24. The van der Waals surface area contributed by atoms with E-state index in [1.54, 1.807) is 54.6 Å². The van der Waals surface area contributed by atoms with Crippen LogP contribution in [0.1, 0.15) is 27.0 Å². The number of esters is 1. The van der Waals surface area contributed by atoms with Crippen molar-refractivity contribution >= 4 is 15.8 Å². The Balaban J connectivity index is 1.75. The third-order valence-corrected chi connectivity index (χ3v) is 5.96. The molecule has 3 rings (SSSR count). The average molecular weight is 380 g/mol. The number of hydrogen-bond acceptors (Lipinski definition) is 4. The van der Waals surface area contributed by atoms with Crippen LogP contribution >= 0.6 is 0 Å². The van der Waals surface area contributed by atoms with E-state index in [0.717, 1.165) is 11.1 Å². The van der Waals surface area contributed by atoms with E-state index in [2.05, 4.69) is 0 Å². The van der Waals surface area contributed by atoms with Crippen LogP contribution in [-0.4, -0.2) is 14.4 Å². The van der Waals surface area contributed by atoms with Crippen LogP contribution in [0, 0.1) is 13.8 Å². The predicted molar refractivity (Wildman–Crippen MR) is 105 cm³/mol. The minimum Gasteiger partial charge on any atom is -0.422 e. The van der Waals surface area contributed by atoms with Gasteiger partial charge in [-0.25, -0.2) is 13.2 Å². The molecule has 0 N–H and O–H groups in total. The molecule has 0 bridgehead atoms. The summed E-state index contributed by atoms with van der Waals surface area (Å²) in [4.78, 5) is 12.7. The van der Waals surface area contributed by atoms with E-state index in [1.807, 2.05) is 32.0 Å². The van der Waals surface area contributed by atoms with Gasteiger partial charge in [-0.2, -0.15) is 0 Å². The Morgan fingerprint density at radius 2 is 1.41 bits per heavy atom. The summed E-state index contributed by atoms with van der Waals surface area (Å²) in [6.07, 6.45) is 0. The number of carbonyl (C=O) groups excluding carboxylic acids is 1. The summed E-state index contributed by atoms with van der Waals surface area (Å²) in [5.41, 5.74) is 2.75. The molecule has 27 heavy (non-hydrogen) atoms. The van der Waals surface area contributed by atoms with Gasteiger partial charge in [0, 0.05) is 0 Å². The second-order valence-corrected chi connectivity index (χ2v) is 8.37. The third-order valence-electron chi connectivity index (χ3n) is 4.25. The summed E-state index contributed by atoms with van der Waals surface area (Å²) in [7, 11) is -3.42. The number of benzene rings is 3. The molecule has 5 heteroatoms. The lowest BCUT2D eigenvalue weighted by Crippen LogP contribution is -2.11. The van der Waals surface area contributed by atoms with Crippen LogP contribution in [0.15, 0.2) is 77.7 Å². The predicted octanol–water partition coefficient (Wildman–Crippen LogP) is 4.50. The fourth-order valence-electron chi connectivity index (χ4n) is 2.78. The molecular formula is C22H20O4S. The van der Waals surface area contributed by atoms with E-state index in [1.165, 1.54) is 0 Å². The zero-order valence-electron chi connectivity index (χ0n) is 15.2. The van der Waals surface area contributed by atoms with Crippen molar-refractivity contribution in [3.05, 3.63) is 95.1 Å². The van der Waals surface area contributed by atoms with Crippen LogP contribution in [0.4, 0.5) is 0 Å². The van der Waals surface area contributed by atoms with Crippen LogP contribution in [-0.2, 0) is 15.6 Å². The number of aryl methyl sites for hydroxylation is 2. The summed E-state index contributed by atoms with van der Waals surface area (Å²) >= 11 is 0. The molecule has 138 valence electrons. The zero-order chi connectivity index (χ0) is 19.4. The lowest BCUT2D eigenvalue weighted by molar-refractivity contribution is 0.0732. The van der Waals surface area contributed by atoms with E-state index in [4.69, 9.17) is 4.74 Å². The van der Waals surface area contributed by atoms with Crippen LogP contribution in [0.3, 0.4) is 0 Å². The summed E-state index contributed by atoms with van der Waals surface area (Å²) < 4.78 is 30.4. The maximum Gasteiger partial charge on any atom is 0.343 e. The fraction of sp³-hybridized carbons (Fsp3) is 0.136. The average Bonchev–Trinajstić information content (AvgIpc) is 2.66. The number of rotatable bonds is 5. The van der Waals surface area contributed by atoms with Crippen molar-refractivity contribution in [2.45, 2.75) is 24.5 Å². The molecule has 0 aliphatic rings. The van der Waals surface area contributed by atoms with Crippen LogP contribution in [0.2, 0.25) is 0 Å². The summed E-state index contributed by atoms with van der Waals surface area (Å²) in [6, 6.07) is 20.4. The second-order valence-electron chi connectivity index (χ2n) is 6.38. The molecule has 0 atom stereocenters. The van der Waals surface area contributed by atoms with Crippen molar-refractivity contribution < 1.29 is 17.9 Å². The Hall–Kier alpha value is -2.92. The van der Waals surface area contributed by atoms with Gasteiger partial charge in [-0.3, -0.25) is 0 Å².